The van der Waals surface area contributed by atoms with Crippen molar-refractivity contribution in [3.63, 3.8) is 0 Å². The van der Waals surface area contributed by atoms with Crippen molar-refractivity contribution in [1.82, 2.24) is 5.32 Å². The topological polar surface area (TPSA) is 12.0 Å². The summed E-state index contributed by atoms with van der Waals surface area (Å²) in [5.74, 6) is 2.37. The van der Waals surface area contributed by atoms with E-state index in [9.17, 15) is 0 Å². The molecule has 1 N–H and O–H groups in total. The fraction of sp³-hybridized carbons (Fsp3) is 0.625. The van der Waals surface area contributed by atoms with Gasteiger partial charge in [-0.15, -0.1) is 0 Å². The summed E-state index contributed by atoms with van der Waals surface area (Å²) in [7, 11) is 2.05. The molecule has 0 bridgehead atoms. The lowest BCUT2D eigenvalue weighted by atomic mass is 9.89. The van der Waals surface area contributed by atoms with Gasteiger partial charge < -0.3 is 5.32 Å². The monoisotopic (exact) mass is 231 g/mol. The molecule has 1 atom stereocenters. The van der Waals surface area contributed by atoms with E-state index in [4.69, 9.17) is 0 Å². The van der Waals surface area contributed by atoms with Crippen LogP contribution in [0.2, 0.25) is 0 Å². The molecule has 1 saturated carbocycles. The van der Waals surface area contributed by atoms with Crippen LogP contribution in [0.3, 0.4) is 0 Å². The molecule has 1 fully saturated rings. The van der Waals surface area contributed by atoms with Gasteiger partial charge in [0.15, 0.2) is 0 Å². The van der Waals surface area contributed by atoms with E-state index in [2.05, 4.69) is 43.4 Å². The van der Waals surface area contributed by atoms with Crippen molar-refractivity contribution in [2.75, 3.05) is 13.6 Å². The van der Waals surface area contributed by atoms with Gasteiger partial charge in [-0.3, -0.25) is 0 Å². The highest BCUT2D eigenvalue weighted by molar-refractivity contribution is 5.28. The molecular formula is C16H25N. The van der Waals surface area contributed by atoms with Crippen molar-refractivity contribution in [3.05, 3.63) is 35.4 Å². The van der Waals surface area contributed by atoms with E-state index in [0.29, 0.717) is 5.92 Å². The van der Waals surface area contributed by atoms with Gasteiger partial charge in [0.05, 0.1) is 0 Å². The highest BCUT2D eigenvalue weighted by Gasteiger charge is 2.31. The predicted octanol–water partition coefficient (Wildman–Crippen LogP) is 3.91. The zero-order chi connectivity index (χ0) is 12.3. The number of hydrogen-bond acceptors (Lipinski definition) is 1. The summed E-state index contributed by atoms with van der Waals surface area (Å²) in [6.45, 7) is 5.65. The maximum Gasteiger partial charge on any atom is -0.00460 e. The SMILES string of the molecule is CNCCC(c1ccc(C(C)C)cc1)C1CC1. The molecule has 0 aliphatic heterocycles. The molecule has 1 nitrogen and oxygen atoms in total. The smallest absolute Gasteiger partial charge is 0.00460 e. The average molecular weight is 231 g/mol. The van der Waals surface area contributed by atoms with Crippen LogP contribution in [0.15, 0.2) is 24.3 Å². The van der Waals surface area contributed by atoms with Crippen molar-refractivity contribution in [2.45, 2.75) is 44.9 Å². The normalized spacial score (nSPS) is 17.4. The third kappa shape index (κ3) is 3.32. The van der Waals surface area contributed by atoms with Crippen LogP contribution in [0.4, 0.5) is 0 Å². The summed E-state index contributed by atoms with van der Waals surface area (Å²) in [4.78, 5) is 0. The molecule has 1 aromatic rings. The molecule has 1 aliphatic carbocycles. The lowest BCUT2D eigenvalue weighted by molar-refractivity contribution is 0.540. The van der Waals surface area contributed by atoms with Gasteiger partial charge in [-0.1, -0.05) is 38.1 Å². The van der Waals surface area contributed by atoms with Gasteiger partial charge in [-0.2, -0.15) is 0 Å². The van der Waals surface area contributed by atoms with Crippen molar-refractivity contribution in [3.8, 4) is 0 Å². The van der Waals surface area contributed by atoms with Gasteiger partial charge >= 0.3 is 0 Å². The molecule has 0 heterocycles. The molecule has 17 heavy (non-hydrogen) atoms. The van der Waals surface area contributed by atoms with E-state index in [1.807, 2.05) is 7.05 Å². The molecule has 0 spiro atoms. The first-order valence-corrected chi connectivity index (χ1v) is 6.97. The second-order valence-electron chi connectivity index (χ2n) is 5.66. The Kier molecular flexibility index (Phi) is 4.22. The molecule has 0 amide bonds. The summed E-state index contributed by atoms with van der Waals surface area (Å²) in [6, 6.07) is 9.34. The first-order chi connectivity index (χ1) is 8.22. The maximum absolute atomic E-state index is 3.28. The minimum absolute atomic E-state index is 0.640. The Morgan fingerprint density at radius 3 is 2.18 bits per heavy atom. The average Bonchev–Trinajstić information content (AvgIpc) is 3.14. The molecule has 2 rings (SSSR count). The van der Waals surface area contributed by atoms with Gasteiger partial charge in [0.1, 0.15) is 0 Å². The van der Waals surface area contributed by atoms with Crippen LogP contribution in [0.1, 0.15) is 56.1 Å². The van der Waals surface area contributed by atoms with Crippen molar-refractivity contribution in [2.24, 2.45) is 5.92 Å². The third-order valence-electron chi connectivity index (χ3n) is 3.93. The molecule has 0 aromatic heterocycles. The zero-order valence-corrected chi connectivity index (χ0v) is 11.4. The number of benzene rings is 1. The molecule has 0 radical (unpaired) electrons. The fourth-order valence-corrected chi connectivity index (χ4v) is 2.60. The molecule has 0 saturated heterocycles. The van der Waals surface area contributed by atoms with Crippen molar-refractivity contribution >= 4 is 0 Å². The standard InChI is InChI=1S/C16H25N/c1-12(2)13-4-6-14(7-5-13)16(10-11-17-3)15-8-9-15/h4-7,12,15-17H,8-11H2,1-3H3. The predicted molar refractivity (Wildman–Crippen MR) is 74.5 cm³/mol. The Labute approximate surface area is 106 Å². The molecule has 1 aromatic carbocycles. The number of rotatable bonds is 6. The van der Waals surface area contributed by atoms with E-state index in [-0.39, 0.29) is 0 Å². The molecule has 1 heteroatoms. The summed E-state index contributed by atoms with van der Waals surface area (Å²) < 4.78 is 0. The highest BCUT2D eigenvalue weighted by Crippen LogP contribution is 2.44. The van der Waals surface area contributed by atoms with Crippen LogP contribution in [0.5, 0.6) is 0 Å². The second kappa shape index (κ2) is 5.68. The highest BCUT2D eigenvalue weighted by atomic mass is 14.8. The second-order valence-corrected chi connectivity index (χ2v) is 5.66. The molecule has 1 aliphatic rings. The summed E-state index contributed by atoms with van der Waals surface area (Å²) in [5.41, 5.74) is 3.00. The van der Waals surface area contributed by atoms with Crippen LogP contribution in [0.25, 0.3) is 0 Å². The maximum atomic E-state index is 3.28. The van der Waals surface area contributed by atoms with Crippen LogP contribution in [0, 0.1) is 5.92 Å². The van der Waals surface area contributed by atoms with E-state index in [1.165, 1.54) is 24.8 Å². The van der Waals surface area contributed by atoms with Crippen molar-refractivity contribution < 1.29 is 0 Å². The van der Waals surface area contributed by atoms with E-state index < -0.39 is 0 Å². The summed E-state index contributed by atoms with van der Waals surface area (Å²) in [6.07, 6.45) is 4.14. The number of hydrogen-bond donors (Lipinski definition) is 1. The van der Waals surface area contributed by atoms with Crippen LogP contribution >= 0.6 is 0 Å². The van der Waals surface area contributed by atoms with Crippen molar-refractivity contribution in [1.29, 1.82) is 0 Å². The van der Waals surface area contributed by atoms with Gasteiger partial charge in [0.2, 0.25) is 0 Å². The first kappa shape index (κ1) is 12.6. The quantitative estimate of drug-likeness (QED) is 0.782. The first-order valence-electron chi connectivity index (χ1n) is 6.97. The van der Waals surface area contributed by atoms with Crippen LogP contribution < -0.4 is 5.32 Å². The Hall–Kier alpha value is -0.820. The lowest BCUT2D eigenvalue weighted by Gasteiger charge is -2.17. The molecule has 1 unspecified atom stereocenters. The summed E-state index contributed by atoms with van der Waals surface area (Å²) in [5, 5.41) is 3.28. The van der Waals surface area contributed by atoms with Crippen LogP contribution in [-0.2, 0) is 0 Å². The fourth-order valence-electron chi connectivity index (χ4n) is 2.60. The van der Waals surface area contributed by atoms with Gasteiger partial charge in [-0.05, 0) is 61.7 Å². The van der Waals surface area contributed by atoms with Gasteiger partial charge in [0, 0.05) is 0 Å². The lowest BCUT2D eigenvalue weighted by Crippen LogP contribution is -2.13. The van der Waals surface area contributed by atoms with E-state index in [1.54, 1.807) is 5.56 Å². The minimum atomic E-state index is 0.640. The minimum Gasteiger partial charge on any atom is -0.320 e. The molecular weight excluding hydrogens is 206 g/mol. The Balaban J connectivity index is 2.07. The zero-order valence-electron chi connectivity index (χ0n) is 11.4. The van der Waals surface area contributed by atoms with Gasteiger partial charge in [0.25, 0.3) is 0 Å². The Morgan fingerprint density at radius 1 is 1.12 bits per heavy atom. The van der Waals surface area contributed by atoms with E-state index >= 15 is 0 Å². The van der Waals surface area contributed by atoms with Gasteiger partial charge in [-0.25, -0.2) is 0 Å². The number of nitrogens with one attached hydrogen (secondary N) is 1. The molecule has 94 valence electrons. The van der Waals surface area contributed by atoms with E-state index in [0.717, 1.165) is 18.4 Å². The van der Waals surface area contributed by atoms with Crippen LogP contribution in [-0.4, -0.2) is 13.6 Å². The summed E-state index contributed by atoms with van der Waals surface area (Å²) >= 11 is 0. The Bertz CT molecular complexity index is 335. The largest absolute Gasteiger partial charge is 0.320 e. The Morgan fingerprint density at radius 2 is 1.71 bits per heavy atom. The third-order valence-corrected chi connectivity index (χ3v) is 3.93.